The molecule has 0 radical (unpaired) electrons. The summed E-state index contributed by atoms with van der Waals surface area (Å²) >= 11 is 7.19. The molecule has 2 aromatic carbocycles. The molecule has 176 valence electrons. The van der Waals surface area contributed by atoms with Gasteiger partial charge in [-0.25, -0.2) is 4.79 Å². The van der Waals surface area contributed by atoms with Gasteiger partial charge in [0, 0.05) is 5.56 Å². The molecule has 1 atom stereocenters. The highest BCUT2D eigenvalue weighted by Gasteiger charge is 2.41. The summed E-state index contributed by atoms with van der Waals surface area (Å²) in [7, 11) is 1.19. The molecule has 2 amide bonds. The third-order valence-electron chi connectivity index (χ3n) is 4.89. The third kappa shape index (κ3) is 5.35. The number of carbonyl (C=O) groups excluding carboxylic acids is 3. The molecule has 10 heteroatoms. The Morgan fingerprint density at radius 1 is 1.26 bits per heavy atom. The summed E-state index contributed by atoms with van der Waals surface area (Å²) in [5, 5.41) is 8.94. The number of nitriles is 1. The second-order valence-electron chi connectivity index (χ2n) is 7.07. The SMILES string of the molecule is CCOc1cc(/C=C2/SC(=O)N([C@@H](C)C(=O)OC)C2=O)cc(Cl)c1OCc1ccccc1C#N. The van der Waals surface area contributed by atoms with Crippen molar-refractivity contribution in [1.82, 2.24) is 4.90 Å². The maximum absolute atomic E-state index is 12.8. The summed E-state index contributed by atoms with van der Waals surface area (Å²) in [5.74, 6) is -0.654. The number of methoxy groups -OCH3 is 1. The molecule has 0 aromatic heterocycles. The van der Waals surface area contributed by atoms with Crippen molar-refractivity contribution in [2.45, 2.75) is 26.5 Å². The normalized spacial score (nSPS) is 15.3. The molecular weight excluding hydrogens is 480 g/mol. The second-order valence-corrected chi connectivity index (χ2v) is 8.47. The topological polar surface area (TPSA) is 106 Å². The quantitative estimate of drug-likeness (QED) is 0.376. The van der Waals surface area contributed by atoms with Crippen LogP contribution in [0.3, 0.4) is 0 Å². The first kappa shape index (κ1) is 25.1. The van der Waals surface area contributed by atoms with Gasteiger partial charge in [0.1, 0.15) is 12.6 Å². The van der Waals surface area contributed by atoms with E-state index in [9.17, 15) is 19.6 Å². The summed E-state index contributed by atoms with van der Waals surface area (Å²) in [6, 6.07) is 11.3. The maximum Gasteiger partial charge on any atom is 0.328 e. The molecule has 1 fully saturated rings. The van der Waals surface area contributed by atoms with Crippen molar-refractivity contribution in [2.75, 3.05) is 13.7 Å². The third-order valence-corrected chi connectivity index (χ3v) is 6.06. The molecule has 3 rings (SSSR count). The van der Waals surface area contributed by atoms with E-state index in [4.69, 9.17) is 21.1 Å². The largest absolute Gasteiger partial charge is 0.490 e. The Morgan fingerprint density at radius 3 is 2.68 bits per heavy atom. The van der Waals surface area contributed by atoms with Crippen molar-refractivity contribution in [1.29, 1.82) is 5.26 Å². The molecule has 0 spiro atoms. The van der Waals surface area contributed by atoms with Gasteiger partial charge in [0.05, 0.1) is 35.3 Å². The van der Waals surface area contributed by atoms with Crippen LogP contribution in [0.25, 0.3) is 6.08 Å². The molecular formula is C24H21ClN2O6S. The van der Waals surface area contributed by atoms with Gasteiger partial charge < -0.3 is 14.2 Å². The second kappa shape index (κ2) is 11.1. The van der Waals surface area contributed by atoms with E-state index < -0.39 is 23.2 Å². The summed E-state index contributed by atoms with van der Waals surface area (Å²) in [6.45, 7) is 3.66. The van der Waals surface area contributed by atoms with Crippen LogP contribution in [0.2, 0.25) is 5.02 Å². The maximum atomic E-state index is 12.8. The molecule has 0 saturated carbocycles. The number of hydrogen-bond acceptors (Lipinski definition) is 8. The van der Waals surface area contributed by atoms with Crippen molar-refractivity contribution < 1.29 is 28.6 Å². The van der Waals surface area contributed by atoms with Gasteiger partial charge in [-0.15, -0.1) is 0 Å². The van der Waals surface area contributed by atoms with E-state index in [-0.39, 0.29) is 16.5 Å². The number of thioether (sulfide) groups is 1. The van der Waals surface area contributed by atoms with E-state index in [0.29, 0.717) is 34.8 Å². The molecule has 8 nitrogen and oxygen atoms in total. The van der Waals surface area contributed by atoms with Gasteiger partial charge in [0.25, 0.3) is 11.1 Å². The van der Waals surface area contributed by atoms with Gasteiger partial charge in [-0.3, -0.25) is 14.5 Å². The lowest BCUT2D eigenvalue weighted by Crippen LogP contribution is -2.42. The van der Waals surface area contributed by atoms with Crippen LogP contribution in [-0.2, 0) is 20.9 Å². The van der Waals surface area contributed by atoms with Crippen molar-refractivity contribution in [3.63, 3.8) is 0 Å². The molecule has 0 aliphatic carbocycles. The summed E-state index contributed by atoms with van der Waals surface area (Å²) in [5.41, 5.74) is 1.69. The van der Waals surface area contributed by atoms with E-state index >= 15 is 0 Å². The summed E-state index contributed by atoms with van der Waals surface area (Å²) in [6.07, 6.45) is 1.50. The van der Waals surface area contributed by atoms with Crippen molar-refractivity contribution in [3.05, 3.63) is 63.0 Å². The van der Waals surface area contributed by atoms with Gasteiger partial charge in [0.15, 0.2) is 11.5 Å². The van der Waals surface area contributed by atoms with Crippen LogP contribution in [0, 0.1) is 11.3 Å². The minimum absolute atomic E-state index is 0.104. The Bertz CT molecular complexity index is 1210. The van der Waals surface area contributed by atoms with Crippen molar-refractivity contribution >= 4 is 46.6 Å². The molecule has 0 bridgehead atoms. The number of rotatable bonds is 8. The molecule has 34 heavy (non-hydrogen) atoms. The van der Waals surface area contributed by atoms with Crippen molar-refractivity contribution in [2.24, 2.45) is 0 Å². The first-order chi connectivity index (χ1) is 16.3. The van der Waals surface area contributed by atoms with Crippen LogP contribution in [0.4, 0.5) is 4.79 Å². The first-order valence-corrected chi connectivity index (χ1v) is 11.4. The zero-order valence-corrected chi connectivity index (χ0v) is 20.2. The lowest BCUT2D eigenvalue weighted by Gasteiger charge is -2.18. The van der Waals surface area contributed by atoms with E-state index in [2.05, 4.69) is 10.8 Å². The highest BCUT2D eigenvalue weighted by Crippen LogP contribution is 2.40. The Hall–Kier alpha value is -3.48. The molecule has 1 saturated heterocycles. The number of hydrogen-bond donors (Lipinski definition) is 0. The van der Waals surface area contributed by atoms with E-state index in [0.717, 1.165) is 16.7 Å². The molecule has 2 aromatic rings. The van der Waals surface area contributed by atoms with Crippen LogP contribution in [0.1, 0.15) is 30.5 Å². The van der Waals surface area contributed by atoms with Gasteiger partial charge in [-0.1, -0.05) is 29.8 Å². The van der Waals surface area contributed by atoms with Gasteiger partial charge >= 0.3 is 5.97 Å². The smallest absolute Gasteiger partial charge is 0.328 e. The molecule has 1 aliphatic heterocycles. The Balaban J connectivity index is 1.89. The van der Waals surface area contributed by atoms with Crippen LogP contribution in [0.15, 0.2) is 41.3 Å². The standard InChI is InChI=1S/C24H21ClN2O6S/c1-4-32-19-10-15(11-20-22(28)27(24(30)34-20)14(2)23(29)31-3)9-18(25)21(19)33-13-17-8-6-5-7-16(17)12-26/h5-11,14H,4,13H2,1-3H3/b20-11+/t14-/m0/s1. The number of benzene rings is 2. The van der Waals surface area contributed by atoms with Crippen LogP contribution in [-0.4, -0.2) is 41.8 Å². The number of imide groups is 1. The van der Waals surface area contributed by atoms with E-state index in [1.807, 2.05) is 6.07 Å². The average Bonchev–Trinajstić information content (AvgIpc) is 3.10. The predicted octanol–water partition coefficient (Wildman–Crippen LogP) is 4.79. The fraction of sp³-hybridized carbons (Fsp3) is 0.250. The number of ether oxygens (including phenoxy) is 3. The minimum atomic E-state index is -1.04. The monoisotopic (exact) mass is 500 g/mol. The summed E-state index contributed by atoms with van der Waals surface area (Å²) < 4.78 is 16.2. The molecule has 0 unspecified atom stereocenters. The van der Waals surface area contributed by atoms with Crippen LogP contribution < -0.4 is 9.47 Å². The zero-order chi connectivity index (χ0) is 24.8. The van der Waals surface area contributed by atoms with Crippen molar-refractivity contribution in [3.8, 4) is 17.6 Å². The fourth-order valence-corrected chi connectivity index (χ4v) is 4.40. The number of carbonyl (C=O) groups is 3. The molecule has 1 aliphatic rings. The number of esters is 1. The predicted molar refractivity (Wildman–Crippen MR) is 127 cm³/mol. The highest BCUT2D eigenvalue weighted by atomic mass is 35.5. The van der Waals surface area contributed by atoms with E-state index in [1.54, 1.807) is 37.3 Å². The van der Waals surface area contributed by atoms with Gasteiger partial charge in [0.2, 0.25) is 0 Å². The minimum Gasteiger partial charge on any atom is -0.490 e. The Kier molecular flexibility index (Phi) is 8.21. The van der Waals surface area contributed by atoms with Crippen LogP contribution in [0.5, 0.6) is 11.5 Å². The summed E-state index contributed by atoms with van der Waals surface area (Å²) in [4.78, 5) is 37.9. The van der Waals surface area contributed by atoms with Gasteiger partial charge in [-0.05, 0) is 55.4 Å². The van der Waals surface area contributed by atoms with E-state index in [1.165, 1.54) is 20.1 Å². The highest BCUT2D eigenvalue weighted by molar-refractivity contribution is 8.18. The first-order valence-electron chi connectivity index (χ1n) is 10.2. The Labute approximate surface area is 206 Å². The number of nitrogens with zero attached hydrogens (tertiary/aromatic N) is 2. The van der Waals surface area contributed by atoms with Gasteiger partial charge in [-0.2, -0.15) is 5.26 Å². The molecule has 0 N–H and O–H groups in total. The lowest BCUT2D eigenvalue weighted by atomic mass is 10.1. The zero-order valence-electron chi connectivity index (χ0n) is 18.7. The Morgan fingerprint density at radius 2 is 2.00 bits per heavy atom. The number of amides is 2. The molecule has 1 heterocycles. The van der Waals surface area contributed by atoms with Crippen LogP contribution >= 0.6 is 23.4 Å². The fourth-order valence-electron chi connectivity index (χ4n) is 3.22. The average molecular weight is 501 g/mol. The lowest BCUT2D eigenvalue weighted by molar-refractivity contribution is -0.148. The number of halogens is 1.